The van der Waals surface area contributed by atoms with Gasteiger partial charge in [-0.3, -0.25) is 4.79 Å². The summed E-state index contributed by atoms with van der Waals surface area (Å²) in [6, 6.07) is 6.68. The zero-order valence-electron chi connectivity index (χ0n) is 14.8. The fourth-order valence-electron chi connectivity index (χ4n) is 3.43. The lowest BCUT2D eigenvalue weighted by Crippen LogP contribution is -2.54. The molecule has 3 heterocycles. The van der Waals surface area contributed by atoms with E-state index in [0.717, 1.165) is 0 Å². The van der Waals surface area contributed by atoms with Crippen molar-refractivity contribution in [1.82, 2.24) is 19.4 Å². The molecule has 2 fully saturated rings. The molecule has 144 valence electrons. The Morgan fingerprint density at radius 1 is 1.37 bits per heavy atom. The molecule has 1 unspecified atom stereocenters. The van der Waals surface area contributed by atoms with Crippen molar-refractivity contribution in [3.05, 3.63) is 36.7 Å². The van der Waals surface area contributed by atoms with Gasteiger partial charge in [0.25, 0.3) is 0 Å². The highest BCUT2D eigenvalue weighted by Gasteiger charge is 2.46. The Morgan fingerprint density at radius 2 is 2.22 bits per heavy atom. The number of nitrogens with one attached hydrogen (secondary N) is 1. The fourth-order valence-corrected chi connectivity index (χ4v) is 5.12. The van der Waals surface area contributed by atoms with Crippen LogP contribution in [-0.2, 0) is 19.6 Å². The monoisotopic (exact) mass is 392 g/mol. The zero-order chi connectivity index (χ0) is 19.1. The van der Waals surface area contributed by atoms with Crippen LogP contribution < -0.4 is 10.1 Å². The van der Waals surface area contributed by atoms with E-state index >= 15 is 0 Å². The van der Waals surface area contributed by atoms with Gasteiger partial charge >= 0.3 is 0 Å². The number of sulfonamides is 1. The third-order valence-electron chi connectivity index (χ3n) is 4.93. The Labute approximate surface area is 156 Å². The first-order valence-corrected chi connectivity index (χ1v) is 9.96. The first kappa shape index (κ1) is 18.0. The van der Waals surface area contributed by atoms with E-state index < -0.39 is 15.6 Å². The van der Waals surface area contributed by atoms with Crippen molar-refractivity contribution in [2.75, 3.05) is 33.4 Å². The van der Waals surface area contributed by atoms with Gasteiger partial charge in [0.15, 0.2) is 0 Å². The molecule has 0 radical (unpaired) electrons. The van der Waals surface area contributed by atoms with Crippen LogP contribution in [0.4, 0.5) is 0 Å². The quantitative estimate of drug-likeness (QED) is 0.795. The third kappa shape index (κ3) is 3.20. The zero-order valence-corrected chi connectivity index (χ0v) is 15.6. The number of rotatable bonds is 4. The Hall–Kier alpha value is -2.43. The lowest BCUT2D eigenvalue weighted by molar-refractivity contribution is -0.141. The minimum atomic E-state index is -3.81. The Kier molecular flexibility index (Phi) is 4.41. The largest absolute Gasteiger partial charge is 0.495 e. The molecule has 1 atom stereocenters. The molecule has 4 rings (SSSR count). The van der Waals surface area contributed by atoms with Gasteiger partial charge in [0.2, 0.25) is 15.9 Å². The minimum absolute atomic E-state index is 0.0496. The number of nitrogens with zero attached hydrogens (tertiary/aromatic N) is 3. The molecule has 10 heteroatoms. The molecule has 1 aromatic heterocycles. The van der Waals surface area contributed by atoms with Crippen LogP contribution in [0.2, 0.25) is 0 Å². The maximum atomic E-state index is 13.3. The number of hydrogen-bond acceptors (Lipinski definition) is 6. The number of amides is 1. The van der Waals surface area contributed by atoms with Gasteiger partial charge in [0, 0.05) is 32.0 Å². The average Bonchev–Trinajstić information content (AvgIpc) is 3.35. The third-order valence-corrected chi connectivity index (χ3v) is 6.80. The molecule has 27 heavy (non-hydrogen) atoms. The number of morpholine rings is 1. The number of ether oxygens (including phenoxy) is 2. The van der Waals surface area contributed by atoms with E-state index in [1.165, 1.54) is 11.4 Å². The number of hydrogen-bond donors (Lipinski definition) is 1. The number of methoxy groups -OCH3 is 1. The second-order valence-corrected chi connectivity index (χ2v) is 8.53. The van der Waals surface area contributed by atoms with Crippen molar-refractivity contribution >= 4 is 15.9 Å². The van der Waals surface area contributed by atoms with Gasteiger partial charge < -0.3 is 14.8 Å². The summed E-state index contributed by atoms with van der Waals surface area (Å²) >= 11 is 0. The van der Waals surface area contributed by atoms with E-state index in [9.17, 15) is 13.2 Å². The smallest absolute Gasteiger partial charge is 0.246 e. The summed E-state index contributed by atoms with van der Waals surface area (Å²) in [5, 5.41) is 6.90. The molecular weight excluding hydrogens is 372 g/mol. The van der Waals surface area contributed by atoms with E-state index in [0.29, 0.717) is 25.2 Å². The van der Waals surface area contributed by atoms with E-state index in [1.807, 2.05) is 0 Å². The predicted molar refractivity (Wildman–Crippen MR) is 95.2 cm³/mol. The van der Waals surface area contributed by atoms with Gasteiger partial charge in [-0.2, -0.15) is 9.40 Å². The number of aromatic nitrogens is 2. The topological polar surface area (TPSA) is 103 Å². The molecule has 1 amide bonds. The van der Waals surface area contributed by atoms with E-state index in [2.05, 4.69) is 10.4 Å². The highest BCUT2D eigenvalue weighted by atomic mass is 32.2. The summed E-state index contributed by atoms with van der Waals surface area (Å²) in [4.78, 5) is 11.4. The Balaban J connectivity index is 1.66. The second kappa shape index (κ2) is 6.63. The van der Waals surface area contributed by atoms with Crippen molar-refractivity contribution in [2.24, 2.45) is 0 Å². The molecule has 2 aromatic rings. The van der Waals surface area contributed by atoms with Crippen molar-refractivity contribution in [1.29, 1.82) is 0 Å². The molecule has 0 bridgehead atoms. The van der Waals surface area contributed by atoms with E-state index in [4.69, 9.17) is 9.47 Å². The Bertz CT molecular complexity index is 948. The number of carbonyl (C=O) groups excluding carboxylic acids is 1. The van der Waals surface area contributed by atoms with Gasteiger partial charge in [0.1, 0.15) is 22.9 Å². The number of carbonyl (C=O) groups is 1. The molecule has 1 aromatic carbocycles. The lowest BCUT2D eigenvalue weighted by Gasteiger charge is -2.33. The molecule has 2 aliphatic rings. The maximum Gasteiger partial charge on any atom is 0.246 e. The maximum absolute atomic E-state index is 13.3. The molecule has 2 saturated heterocycles. The average molecular weight is 392 g/mol. The van der Waals surface area contributed by atoms with Crippen LogP contribution in [0, 0.1) is 0 Å². The second-order valence-electron chi connectivity index (χ2n) is 6.62. The summed E-state index contributed by atoms with van der Waals surface area (Å²) in [5.74, 6) is 0.0836. The number of benzene rings is 1. The minimum Gasteiger partial charge on any atom is -0.495 e. The highest BCUT2D eigenvalue weighted by Crippen LogP contribution is 2.34. The SMILES string of the molecule is COc1ccc(-n2cccn2)cc1S(=O)(=O)N1CCC2(CNC(=O)CO2)C1. The molecule has 9 nitrogen and oxygen atoms in total. The van der Waals surface area contributed by atoms with Crippen LogP contribution in [0.1, 0.15) is 6.42 Å². The molecule has 0 aliphatic carbocycles. The summed E-state index contributed by atoms with van der Waals surface area (Å²) in [7, 11) is -2.37. The van der Waals surface area contributed by atoms with Gasteiger partial charge in [-0.05, 0) is 30.7 Å². The molecule has 2 aliphatic heterocycles. The molecule has 1 N–H and O–H groups in total. The first-order valence-electron chi connectivity index (χ1n) is 8.52. The van der Waals surface area contributed by atoms with Gasteiger partial charge in [-0.15, -0.1) is 0 Å². The van der Waals surface area contributed by atoms with Crippen LogP contribution in [-0.4, -0.2) is 67.4 Å². The standard InChI is InChI=1S/C17H20N4O5S/c1-25-14-4-3-13(21-7-2-6-19-21)9-15(14)27(23,24)20-8-5-17(12-20)11-18-16(22)10-26-17/h2-4,6-7,9H,5,8,10-12H2,1H3,(H,18,22). The Morgan fingerprint density at radius 3 is 2.89 bits per heavy atom. The van der Waals surface area contributed by atoms with Crippen LogP contribution in [0.15, 0.2) is 41.6 Å². The van der Waals surface area contributed by atoms with E-state index in [-0.39, 0.29) is 29.7 Å². The lowest BCUT2D eigenvalue weighted by atomic mass is 10.0. The van der Waals surface area contributed by atoms with Crippen LogP contribution in [0.3, 0.4) is 0 Å². The predicted octanol–water partition coefficient (Wildman–Crippen LogP) is 0.161. The van der Waals surface area contributed by atoms with Crippen molar-refractivity contribution in [3.8, 4) is 11.4 Å². The van der Waals surface area contributed by atoms with Crippen molar-refractivity contribution < 1.29 is 22.7 Å². The van der Waals surface area contributed by atoms with Gasteiger partial charge in [-0.1, -0.05) is 0 Å². The van der Waals surface area contributed by atoms with E-state index in [1.54, 1.807) is 41.3 Å². The van der Waals surface area contributed by atoms with Crippen molar-refractivity contribution in [3.63, 3.8) is 0 Å². The van der Waals surface area contributed by atoms with Crippen LogP contribution in [0.5, 0.6) is 5.75 Å². The van der Waals surface area contributed by atoms with Crippen LogP contribution >= 0.6 is 0 Å². The first-order chi connectivity index (χ1) is 12.9. The van der Waals surface area contributed by atoms with Gasteiger partial charge in [-0.25, -0.2) is 13.1 Å². The normalized spacial score (nSPS) is 23.5. The summed E-state index contributed by atoms with van der Waals surface area (Å²) in [6.45, 7) is 0.756. The highest BCUT2D eigenvalue weighted by molar-refractivity contribution is 7.89. The molecule has 1 spiro atoms. The van der Waals surface area contributed by atoms with Gasteiger partial charge in [0.05, 0.1) is 12.8 Å². The summed E-state index contributed by atoms with van der Waals surface area (Å²) in [5.41, 5.74) is -0.0529. The van der Waals surface area contributed by atoms with Crippen LogP contribution in [0.25, 0.3) is 5.69 Å². The fraction of sp³-hybridized carbons (Fsp3) is 0.412. The summed E-state index contributed by atoms with van der Waals surface area (Å²) < 4.78 is 40.5. The molecule has 0 saturated carbocycles. The summed E-state index contributed by atoms with van der Waals surface area (Å²) in [6.07, 6.45) is 3.88. The van der Waals surface area contributed by atoms with Crippen molar-refractivity contribution in [2.45, 2.75) is 16.9 Å². The molecular formula is C17H20N4O5S.